The first-order valence-electron chi connectivity index (χ1n) is 15.2. The second kappa shape index (κ2) is 16.0. The summed E-state index contributed by atoms with van der Waals surface area (Å²) in [6, 6.07) is 41.5. The third-order valence-corrected chi connectivity index (χ3v) is 8.69. The van der Waals surface area contributed by atoms with Crippen molar-refractivity contribution in [2.45, 2.75) is 5.92 Å². The minimum atomic E-state index is -0.321. The van der Waals surface area contributed by atoms with E-state index in [1.165, 1.54) is 9.36 Å². The number of thiophene rings is 1. The van der Waals surface area contributed by atoms with Gasteiger partial charge in [0.2, 0.25) is 0 Å². The zero-order valence-corrected chi connectivity index (χ0v) is 28.3. The summed E-state index contributed by atoms with van der Waals surface area (Å²) in [5, 5.41) is 14.8. The predicted molar refractivity (Wildman–Crippen MR) is 199 cm³/mol. The van der Waals surface area contributed by atoms with Crippen molar-refractivity contribution in [2.75, 3.05) is 5.32 Å². The monoisotopic (exact) mass is 701 g/mol. The maximum Gasteiger partial charge on any atom is 0.346 e. The molecule has 0 spiro atoms. The van der Waals surface area contributed by atoms with Gasteiger partial charge in [-0.1, -0.05) is 89.9 Å². The normalized spacial score (nSPS) is 10.9. The highest BCUT2D eigenvalue weighted by molar-refractivity contribution is 7.10. The molecule has 0 bridgehead atoms. The SMILES string of the molecule is O=C(Nc1ccc(Cl)cc1)n1ccc(C=Cc2cccs2)n1.O=C(c1ccc(Cl)cc1)n1ccc(C(c2ccccc2)c2ccccc2)n1. The minimum absolute atomic E-state index is 0.0355. The lowest BCUT2D eigenvalue weighted by molar-refractivity contribution is 0.0944. The van der Waals surface area contributed by atoms with Crippen LogP contribution in [0.3, 0.4) is 0 Å². The number of amides is 1. The van der Waals surface area contributed by atoms with Crippen LogP contribution in [0.4, 0.5) is 10.5 Å². The van der Waals surface area contributed by atoms with Gasteiger partial charge in [-0.2, -0.15) is 14.9 Å². The number of halogens is 2. The fraction of sp³-hybridized carbons (Fsp3) is 0.0256. The minimum Gasteiger partial charge on any atom is -0.306 e. The lowest BCUT2D eigenvalue weighted by Gasteiger charge is -2.16. The summed E-state index contributed by atoms with van der Waals surface area (Å²) in [6.45, 7) is 0. The second-order valence-electron chi connectivity index (χ2n) is 10.7. The molecule has 242 valence electrons. The van der Waals surface area contributed by atoms with Crippen molar-refractivity contribution in [2.24, 2.45) is 0 Å². The molecule has 10 heteroatoms. The number of carbonyl (C=O) groups excluding carboxylic acids is 2. The number of benzene rings is 4. The quantitative estimate of drug-likeness (QED) is 0.179. The fourth-order valence-electron chi connectivity index (χ4n) is 4.96. The van der Waals surface area contributed by atoms with Gasteiger partial charge in [0, 0.05) is 38.6 Å². The van der Waals surface area contributed by atoms with Crippen molar-refractivity contribution in [3.05, 3.63) is 194 Å². The smallest absolute Gasteiger partial charge is 0.306 e. The van der Waals surface area contributed by atoms with Crippen LogP contribution in [0.2, 0.25) is 10.0 Å². The average molecular weight is 703 g/mol. The van der Waals surface area contributed by atoms with E-state index in [0.717, 1.165) is 27.4 Å². The molecular weight excluding hydrogens is 673 g/mol. The Morgan fingerprint density at radius 3 is 1.88 bits per heavy atom. The van der Waals surface area contributed by atoms with E-state index in [2.05, 4.69) is 39.8 Å². The van der Waals surface area contributed by atoms with Crippen molar-refractivity contribution in [3.63, 3.8) is 0 Å². The molecule has 0 saturated heterocycles. The van der Waals surface area contributed by atoms with Gasteiger partial charge in [0.05, 0.1) is 17.3 Å². The van der Waals surface area contributed by atoms with Crippen molar-refractivity contribution in [1.29, 1.82) is 0 Å². The van der Waals surface area contributed by atoms with E-state index in [1.807, 2.05) is 72.1 Å². The van der Waals surface area contributed by atoms with Gasteiger partial charge < -0.3 is 5.32 Å². The summed E-state index contributed by atoms with van der Waals surface area (Å²) in [7, 11) is 0. The van der Waals surface area contributed by atoms with Crippen LogP contribution in [0, 0.1) is 0 Å². The van der Waals surface area contributed by atoms with E-state index < -0.39 is 0 Å². The molecule has 3 aromatic heterocycles. The Hall–Kier alpha value is -5.54. The molecule has 7 aromatic rings. The third kappa shape index (κ3) is 8.88. The molecular formula is C39H29Cl2N5O2S. The van der Waals surface area contributed by atoms with E-state index in [4.69, 9.17) is 23.2 Å². The van der Waals surface area contributed by atoms with Gasteiger partial charge in [-0.05, 0) is 95.4 Å². The molecule has 0 aliphatic carbocycles. The first kappa shape index (κ1) is 33.4. The van der Waals surface area contributed by atoms with Crippen LogP contribution in [-0.4, -0.2) is 31.5 Å². The summed E-state index contributed by atoms with van der Waals surface area (Å²) in [6.07, 6.45) is 7.18. The average Bonchev–Trinajstić information content (AvgIpc) is 3.93. The van der Waals surface area contributed by atoms with E-state index in [9.17, 15) is 9.59 Å². The highest BCUT2D eigenvalue weighted by Gasteiger charge is 2.20. The van der Waals surface area contributed by atoms with Gasteiger partial charge in [0.1, 0.15) is 0 Å². The molecule has 4 aromatic carbocycles. The van der Waals surface area contributed by atoms with Crippen LogP contribution in [0.25, 0.3) is 12.2 Å². The van der Waals surface area contributed by atoms with E-state index in [-0.39, 0.29) is 17.9 Å². The Bertz CT molecular complexity index is 2100. The van der Waals surface area contributed by atoms with Crippen molar-refractivity contribution < 1.29 is 9.59 Å². The predicted octanol–water partition coefficient (Wildman–Crippen LogP) is 10.3. The van der Waals surface area contributed by atoms with Crippen molar-refractivity contribution >= 4 is 64.3 Å². The van der Waals surface area contributed by atoms with Crippen molar-refractivity contribution in [1.82, 2.24) is 19.6 Å². The van der Waals surface area contributed by atoms with Gasteiger partial charge in [0.15, 0.2) is 0 Å². The highest BCUT2D eigenvalue weighted by atomic mass is 35.5. The third-order valence-electron chi connectivity index (χ3n) is 7.35. The number of anilines is 1. The molecule has 0 saturated carbocycles. The summed E-state index contributed by atoms with van der Waals surface area (Å²) >= 11 is 13.4. The Morgan fingerprint density at radius 2 is 1.27 bits per heavy atom. The zero-order valence-electron chi connectivity index (χ0n) is 25.9. The summed E-state index contributed by atoms with van der Waals surface area (Å²) < 4.78 is 2.65. The number of hydrogen-bond donors (Lipinski definition) is 1. The van der Waals surface area contributed by atoms with E-state index in [1.54, 1.807) is 78.3 Å². The van der Waals surface area contributed by atoms with E-state index >= 15 is 0 Å². The lowest BCUT2D eigenvalue weighted by Crippen LogP contribution is -2.19. The molecule has 0 aliphatic rings. The maximum atomic E-state index is 12.7. The topological polar surface area (TPSA) is 81.8 Å². The number of hydrogen-bond acceptors (Lipinski definition) is 5. The molecule has 49 heavy (non-hydrogen) atoms. The van der Waals surface area contributed by atoms with Crippen LogP contribution in [0.5, 0.6) is 0 Å². The van der Waals surface area contributed by atoms with Gasteiger partial charge in [-0.15, -0.1) is 11.3 Å². The Morgan fingerprint density at radius 1 is 0.653 bits per heavy atom. The summed E-state index contributed by atoms with van der Waals surface area (Å²) in [5.41, 5.74) is 5.03. The Kier molecular flexibility index (Phi) is 10.9. The molecule has 3 heterocycles. The van der Waals surface area contributed by atoms with Gasteiger partial charge >= 0.3 is 6.03 Å². The Balaban J connectivity index is 0.000000174. The molecule has 1 N–H and O–H groups in total. The van der Waals surface area contributed by atoms with Crippen LogP contribution < -0.4 is 5.32 Å². The largest absolute Gasteiger partial charge is 0.346 e. The standard InChI is InChI=1S/C23H17ClN2O.C16H12ClN3OS/c24-20-13-11-19(12-14-20)23(27)26-16-15-21(25-26)22(17-7-3-1-4-8-17)18-9-5-2-6-10-18;17-12-3-5-13(6-4-12)18-16(21)20-10-9-14(19-20)7-8-15-2-1-11-22-15/h1-16,22H;1-11H,(H,18,21). The van der Waals surface area contributed by atoms with Gasteiger partial charge in [0.25, 0.3) is 5.91 Å². The lowest BCUT2D eigenvalue weighted by atomic mass is 9.89. The number of rotatable bonds is 7. The number of nitrogens with zero attached hydrogens (tertiary/aromatic N) is 4. The molecule has 0 fully saturated rings. The molecule has 1 amide bonds. The Labute approximate surface area is 297 Å². The maximum absolute atomic E-state index is 12.7. The summed E-state index contributed by atoms with van der Waals surface area (Å²) in [5.74, 6) is -0.218. The van der Waals surface area contributed by atoms with Crippen LogP contribution in [0.15, 0.2) is 151 Å². The number of aromatic nitrogens is 4. The number of carbonyl (C=O) groups is 2. The summed E-state index contributed by atoms with van der Waals surface area (Å²) in [4.78, 5) is 25.9. The fourth-order valence-corrected chi connectivity index (χ4v) is 5.83. The zero-order chi connectivity index (χ0) is 34.0. The molecule has 0 unspecified atom stereocenters. The molecule has 7 rings (SSSR count). The van der Waals surface area contributed by atoms with Gasteiger partial charge in [-0.3, -0.25) is 4.79 Å². The van der Waals surface area contributed by atoms with Crippen molar-refractivity contribution in [3.8, 4) is 0 Å². The van der Waals surface area contributed by atoms with Crippen LogP contribution in [-0.2, 0) is 0 Å². The van der Waals surface area contributed by atoms with Crippen LogP contribution >= 0.6 is 34.5 Å². The molecule has 0 aliphatic heterocycles. The molecule has 0 atom stereocenters. The molecule has 0 radical (unpaired) electrons. The first-order valence-corrected chi connectivity index (χ1v) is 16.9. The highest BCUT2D eigenvalue weighted by Crippen LogP contribution is 2.30. The molecule has 7 nitrogen and oxygen atoms in total. The number of nitrogens with one attached hydrogen (secondary N) is 1. The second-order valence-corrected chi connectivity index (χ2v) is 12.6. The van der Waals surface area contributed by atoms with Crippen LogP contribution in [0.1, 0.15) is 43.7 Å². The van der Waals surface area contributed by atoms with E-state index in [0.29, 0.717) is 21.3 Å². The first-order chi connectivity index (χ1) is 23.9. The van der Waals surface area contributed by atoms with Gasteiger partial charge in [-0.25, -0.2) is 9.48 Å².